The fourth-order valence-electron chi connectivity index (χ4n) is 3.65. The Morgan fingerprint density at radius 3 is 2.29 bits per heavy atom. The van der Waals surface area contributed by atoms with Gasteiger partial charge in [-0.15, -0.1) is 0 Å². The van der Waals surface area contributed by atoms with Crippen LogP contribution in [0.1, 0.15) is 30.0 Å². The third kappa shape index (κ3) is 4.58. The van der Waals surface area contributed by atoms with Crippen molar-refractivity contribution in [2.24, 2.45) is 0 Å². The molecule has 4 rings (SSSR count). The molecule has 0 unspecified atom stereocenters. The van der Waals surface area contributed by atoms with Gasteiger partial charge in [-0.25, -0.2) is 8.42 Å². The van der Waals surface area contributed by atoms with Crippen molar-refractivity contribution in [2.75, 3.05) is 16.2 Å². The monoisotopic (exact) mass is 476 g/mol. The van der Waals surface area contributed by atoms with Crippen LogP contribution >= 0.6 is 0 Å². The van der Waals surface area contributed by atoms with Crippen molar-refractivity contribution in [1.29, 1.82) is 0 Å². The molecule has 174 valence electrons. The number of hydrogen-bond donors (Lipinski definition) is 1. The number of carbonyl (C=O) groups excluding carboxylic acids is 1. The molecule has 0 radical (unpaired) electrons. The zero-order valence-corrected chi connectivity index (χ0v) is 19.6. The van der Waals surface area contributed by atoms with E-state index in [2.05, 4.69) is 5.32 Å². The Labute approximate surface area is 197 Å². The van der Waals surface area contributed by atoms with Gasteiger partial charge in [-0.1, -0.05) is 31.2 Å². The first-order chi connectivity index (χ1) is 16.3. The highest BCUT2D eigenvalue weighted by atomic mass is 32.2. The first-order valence-corrected chi connectivity index (χ1v) is 12.3. The Morgan fingerprint density at radius 1 is 0.941 bits per heavy atom. The SMILES string of the molecule is CCc1ccc2oc(C(=O)Nc3ccc(S(=O)(=O)N(CC)c4ccccc4)cc3)cc(=O)c2c1. The molecular weight excluding hydrogens is 452 g/mol. The Kier molecular flexibility index (Phi) is 6.51. The van der Waals surface area contributed by atoms with E-state index in [1.165, 1.54) is 28.6 Å². The summed E-state index contributed by atoms with van der Waals surface area (Å²) in [4.78, 5) is 25.3. The first kappa shape index (κ1) is 23.3. The van der Waals surface area contributed by atoms with Crippen LogP contribution in [0.4, 0.5) is 11.4 Å². The fourth-order valence-corrected chi connectivity index (χ4v) is 5.12. The van der Waals surface area contributed by atoms with E-state index in [0.717, 1.165) is 18.1 Å². The average molecular weight is 477 g/mol. The molecule has 7 nitrogen and oxygen atoms in total. The van der Waals surface area contributed by atoms with E-state index in [-0.39, 0.29) is 22.6 Å². The van der Waals surface area contributed by atoms with Gasteiger partial charge in [0.15, 0.2) is 11.2 Å². The number of carbonyl (C=O) groups is 1. The lowest BCUT2D eigenvalue weighted by Gasteiger charge is -2.23. The number of sulfonamides is 1. The van der Waals surface area contributed by atoms with Gasteiger partial charge < -0.3 is 9.73 Å². The summed E-state index contributed by atoms with van der Waals surface area (Å²) in [5.74, 6) is -0.728. The predicted octanol–water partition coefficient (Wildman–Crippen LogP) is 4.82. The summed E-state index contributed by atoms with van der Waals surface area (Å²) in [7, 11) is -3.78. The molecule has 1 heterocycles. The predicted molar refractivity (Wildman–Crippen MR) is 133 cm³/mol. The summed E-state index contributed by atoms with van der Waals surface area (Å²) in [5.41, 5.74) is 1.97. The summed E-state index contributed by atoms with van der Waals surface area (Å²) in [6, 6.07) is 21.1. The molecular formula is C26H24N2O5S. The van der Waals surface area contributed by atoms with E-state index in [1.54, 1.807) is 43.3 Å². The highest BCUT2D eigenvalue weighted by Gasteiger charge is 2.23. The van der Waals surface area contributed by atoms with Crippen molar-refractivity contribution in [3.05, 3.63) is 100 Å². The van der Waals surface area contributed by atoms with E-state index in [9.17, 15) is 18.0 Å². The summed E-state index contributed by atoms with van der Waals surface area (Å²) < 4.78 is 33.2. The lowest BCUT2D eigenvalue weighted by atomic mass is 10.1. The van der Waals surface area contributed by atoms with Crippen molar-refractivity contribution in [3.8, 4) is 0 Å². The van der Waals surface area contributed by atoms with Crippen LogP contribution in [0.15, 0.2) is 93.0 Å². The van der Waals surface area contributed by atoms with Crippen LogP contribution in [0, 0.1) is 0 Å². The molecule has 3 aromatic carbocycles. The summed E-state index contributed by atoms with van der Waals surface area (Å²) in [5, 5.41) is 3.07. The Bertz CT molecular complexity index is 1490. The minimum Gasteiger partial charge on any atom is -0.451 e. The molecule has 8 heteroatoms. The minimum atomic E-state index is -3.78. The summed E-state index contributed by atoms with van der Waals surface area (Å²) >= 11 is 0. The molecule has 1 amide bonds. The molecule has 0 bridgehead atoms. The van der Waals surface area contributed by atoms with Gasteiger partial charge in [0, 0.05) is 18.3 Å². The molecule has 1 N–H and O–H groups in total. The van der Waals surface area contributed by atoms with Crippen LogP contribution in [0.25, 0.3) is 11.0 Å². The minimum absolute atomic E-state index is 0.0974. The maximum absolute atomic E-state index is 13.1. The standard InChI is InChI=1S/C26H24N2O5S/c1-3-18-10-15-24-22(16-18)23(29)17-25(33-24)26(30)27-19-11-13-21(14-12-19)34(31,32)28(4-2)20-8-6-5-7-9-20/h5-17H,3-4H2,1-2H3,(H,27,30). The van der Waals surface area contributed by atoms with Crippen LogP contribution in [0.2, 0.25) is 0 Å². The maximum Gasteiger partial charge on any atom is 0.291 e. The lowest BCUT2D eigenvalue weighted by molar-refractivity contribution is 0.0997. The van der Waals surface area contributed by atoms with Gasteiger partial charge in [-0.2, -0.15) is 0 Å². The molecule has 1 aromatic heterocycles. The van der Waals surface area contributed by atoms with Gasteiger partial charge >= 0.3 is 0 Å². The number of nitrogens with zero attached hydrogens (tertiary/aromatic N) is 1. The van der Waals surface area contributed by atoms with Gasteiger partial charge in [-0.05, 0) is 67.4 Å². The zero-order chi connectivity index (χ0) is 24.3. The second-order valence-electron chi connectivity index (χ2n) is 7.64. The largest absolute Gasteiger partial charge is 0.451 e. The van der Waals surface area contributed by atoms with Crippen molar-refractivity contribution in [3.63, 3.8) is 0 Å². The molecule has 4 aromatic rings. The van der Waals surface area contributed by atoms with Crippen molar-refractivity contribution < 1.29 is 17.6 Å². The van der Waals surface area contributed by atoms with Gasteiger partial charge in [0.1, 0.15) is 5.58 Å². The Balaban J connectivity index is 1.56. The van der Waals surface area contributed by atoms with Gasteiger partial charge in [0.05, 0.1) is 16.0 Å². The second-order valence-corrected chi connectivity index (χ2v) is 9.51. The molecule has 0 aliphatic rings. The number of amides is 1. The fraction of sp³-hybridized carbons (Fsp3) is 0.154. The number of anilines is 2. The summed E-state index contributed by atoms with van der Waals surface area (Å²) in [6.07, 6.45) is 0.782. The highest BCUT2D eigenvalue weighted by molar-refractivity contribution is 7.92. The number of benzene rings is 3. The molecule has 0 aliphatic carbocycles. The quantitative estimate of drug-likeness (QED) is 0.412. The van der Waals surface area contributed by atoms with Crippen LogP contribution in [0.5, 0.6) is 0 Å². The smallest absolute Gasteiger partial charge is 0.291 e. The average Bonchev–Trinajstić information content (AvgIpc) is 2.85. The van der Waals surface area contributed by atoms with Crippen molar-refractivity contribution in [2.45, 2.75) is 25.2 Å². The van der Waals surface area contributed by atoms with E-state index >= 15 is 0 Å². The third-order valence-corrected chi connectivity index (χ3v) is 7.37. The number of nitrogens with one attached hydrogen (secondary N) is 1. The Morgan fingerprint density at radius 2 is 1.65 bits per heavy atom. The van der Waals surface area contributed by atoms with E-state index in [4.69, 9.17) is 4.42 Å². The van der Waals surface area contributed by atoms with E-state index in [1.807, 2.05) is 19.1 Å². The normalized spacial score (nSPS) is 11.4. The molecule has 0 fully saturated rings. The molecule has 34 heavy (non-hydrogen) atoms. The lowest BCUT2D eigenvalue weighted by Crippen LogP contribution is -2.30. The van der Waals surface area contributed by atoms with Gasteiger partial charge in [0.2, 0.25) is 0 Å². The van der Waals surface area contributed by atoms with E-state index < -0.39 is 15.9 Å². The van der Waals surface area contributed by atoms with Gasteiger partial charge in [-0.3, -0.25) is 13.9 Å². The second kappa shape index (κ2) is 9.52. The van der Waals surface area contributed by atoms with Crippen LogP contribution < -0.4 is 15.1 Å². The van der Waals surface area contributed by atoms with E-state index in [0.29, 0.717) is 22.3 Å². The van der Waals surface area contributed by atoms with Gasteiger partial charge in [0.25, 0.3) is 15.9 Å². The third-order valence-electron chi connectivity index (χ3n) is 5.46. The van der Waals surface area contributed by atoms with Crippen molar-refractivity contribution in [1.82, 2.24) is 0 Å². The molecule has 0 aliphatic heterocycles. The van der Waals surface area contributed by atoms with Crippen LogP contribution in [0.3, 0.4) is 0 Å². The number of fused-ring (bicyclic) bond motifs is 1. The molecule has 0 saturated heterocycles. The first-order valence-electron chi connectivity index (χ1n) is 10.9. The van der Waals surface area contributed by atoms with Crippen LogP contribution in [-0.4, -0.2) is 20.9 Å². The maximum atomic E-state index is 13.1. The number of para-hydroxylation sites is 1. The summed E-state index contributed by atoms with van der Waals surface area (Å²) in [6.45, 7) is 4.02. The zero-order valence-electron chi connectivity index (χ0n) is 18.8. The highest BCUT2D eigenvalue weighted by Crippen LogP contribution is 2.24. The van der Waals surface area contributed by atoms with Crippen LogP contribution in [-0.2, 0) is 16.4 Å². The molecule has 0 atom stereocenters. The van der Waals surface area contributed by atoms with Crippen molar-refractivity contribution >= 4 is 38.3 Å². The number of aryl methyl sites for hydroxylation is 1. The molecule has 0 saturated carbocycles. The number of rotatable bonds is 7. The number of hydrogen-bond acceptors (Lipinski definition) is 5. The Hall–Kier alpha value is -3.91. The molecule has 0 spiro atoms. The topological polar surface area (TPSA) is 96.7 Å².